The number of amides is 3. The van der Waals surface area contributed by atoms with Crippen LogP contribution in [0.5, 0.6) is 0 Å². The Labute approximate surface area is 156 Å². The zero-order valence-electron chi connectivity index (χ0n) is 14.8. The van der Waals surface area contributed by atoms with E-state index in [0.717, 1.165) is 30.8 Å². The first kappa shape index (κ1) is 17.6. The van der Waals surface area contributed by atoms with Crippen LogP contribution in [-0.2, 0) is 16.9 Å². The summed E-state index contributed by atoms with van der Waals surface area (Å²) in [5, 5.41) is 6.23. The van der Waals surface area contributed by atoms with E-state index in [1.165, 1.54) is 6.07 Å². The van der Waals surface area contributed by atoms with Gasteiger partial charge in [0.25, 0.3) is 5.91 Å². The van der Waals surface area contributed by atoms with E-state index < -0.39 is 17.4 Å². The minimum Gasteiger partial charge on any atom is -0.319 e. The maximum Gasteiger partial charge on any atom is 0.325 e. The van der Waals surface area contributed by atoms with Gasteiger partial charge in [0.1, 0.15) is 5.82 Å². The largest absolute Gasteiger partial charge is 0.325 e. The van der Waals surface area contributed by atoms with Crippen molar-refractivity contribution in [1.82, 2.24) is 20.5 Å². The van der Waals surface area contributed by atoms with Crippen molar-refractivity contribution >= 4 is 11.9 Å². The molecule has 6 nitrogen and oxygen atoms in total. The van der Waals surface area contributed by atoms with Crippen LogP contribution in [0.15, 0.2) is 48.8 Å². The summed E-state index contributed by atoms with van der Waals surface area (Å²) >= 11 is 0. The molecule has 2 saturated heterocycles. The average molecular weight is 368 g/mol. The van der Waals surface area contributed by atoms with Gasteiger partial charge in [-0.15, -0.1) is 0 Å². The molecule has 2 aromatic rings. The fraction of sp³-hybridized carbons (Fsp3) is 0.350. The first-order valence-corrected chi connectivity index (χ1v) is 9.11. The van der Waals surface area contributed by atoms with Crippen molar-refractivity contribution in [3.8, 4) is 0 Å². The summed E-state index contributed by atoms with van der Waals surface area (Å²) in [4.78, 5) is 31.6. The van der Waals surface area contributed by atoms with Crippen LogP contribution >= 0.6 is 0 Å². The number of carbonyl (C=O) groups excluding carboxylic acids is 2. The minimum atomic E-state index is -1.15. The van der Waals surface area contributed by atoms with E-state index in [-0.39, 0.29) is 18.4 Å². The third-order valence-electron chi connectivity index (χ3n) is 5.49. The monoisotopic (exact) mass is 368 g/mol. The van der Waals surface area contributed by atoms with E-state index in [2.05, 4.69) is 15.6 Å². The molecular formula is C20H21FN4O2. The van der Waals surface area contributed by atoms with Gasteiger partial charge < -0.3 is 10.6 Å². The summed E-state index contributed by atoms with van der Waals surface area (Å²) in [6, 6.07) is 9.28. The van der Waals surface area contributed by atoms with Crippen LogP contribution < -0.4 is 10.6 Å². The molecule has 4 rings (SSSR count). The van der Waals surface area contributed by atoms with E-state index >= 15 is 0 Å². The molecule has 2 fully saturated rings. The highest BCUT2D eigenvalue weighted by atomic mass is 19.1. The van der Waals surface area contributed by atoms with Crippen molar-refractivity contribution in [2.24, 2.45) is 5.92 Å². The van der Waals surface area contributed by atoms with Crippen LogP contribution in [-0.4, -0.2) is 34.9 Å². The number of hydrogen-bond donors (Lipinski definition) is 2. The number of benzene rings is 1. The number of urea groups is 1. The maximum atomic E-state index is 14.1. The van der Waals surface area contributed by atoms with Crippen LogP contribution in [0.2, 0.25) is 0 Å². The Morgan fingerprint density at radius 2 is 1.93 bits per heavy atom. The summed E-state index contributed by atoms with van der Waals surface area (Å²) in [5.41, 5.74) is -0.168. The van der Waals surface area contributed by atoms with E-state index in [1.54, 1.807) is 36.7 Å². The van der Waals surface area contributed by atoms with Gasteiger partial charge in [0.2, 0.25) is 0 Å². The topological polar surface area (TPSA) is 74.3 Å². The number of pyridine rings is 1. The van der Waals surface area contributed by atoms with Gasteiger partial charge in [0, 0.05) is 23.5 Å². The highest BCUT2D eigenvalue weighted by Gasteiger charge is 2.56. The normalized spacial score (nSPS) is 23.5. The first-order chi connectivity index (χ1) is 13.1. The zero-order valence-corrected chi connectivity index (χ0v) is 14.8. The average Bonchev–Trinajstić information content (AvgIpc) is 2.96. The van der Waals surface area contributed by atoms with Gasteiger partial charge >= 0.3 is 6.03 Å². The molecular weight excluding hydrogens is 347 g/mol. The summed E-state index contributed by atoms with van der Waals surface area (Å²) in [7, 11) is 0. The molecule has 0 bridgehead atoms. The first-order valence-electron chi connectivity index (χ1n) is 9.11. The van der Waals surface area contributed by atoms with E-state index in [9.17, 15) is 14.0 Å². The Hall–Kier alpha value is -2.80. The van der Waals surface area contributed by atoms with Gasteiger partial charge in [-0.3, -0.25) is 14.7 Å². The van der Waals surface area contributed by atoms with Crippen molar-refractivity contribution in [1.29, 1.82) is 0 Å². The zero-order chi connectivity index (χ0) is 18.9. The molecule has 0 aliphatic carbocycles. The van der Waals surface area contributed by atoms with Crippen molar-refractivity contribution in [3.63, 3.8) is 0 Å². The predicted molar refractivity (Wildman–Crippen MR) is 97.0 cm³/mol. The fourth-order valence-electron chi connectivity index (χ4n) is 4.09. The van der Waals surface area contributed by atoms with Crippen molar-refractivity contribution in [2.45, 2.75) is 24.9 Å². The molecule has 1 aromatic heterocycles. The highest BCUT2D eigenvalue weighted by Crippen LogP contribution is 2.40. The summed E-state index contributed by atoms with van der Waals surface area (Å²) in [5.74, 6) is -0.820. The van der Waals surface area contributed by atoms with Crippen molar-refractivity contribution in [2.75, 3.05) is 13.1 Å². The van der Waals surface area contributed by atoms with Crippen molar-refractivity contribution < 1.29 is 14.0 Å². The Bertz CT molecular complexity index is 854. The lowest BCUT2D eigenvalue weighted by molar-refractivity contribution is -0.134. The molecule has 7 heteroatoms. The summed E-state index contributed by atoms with van der Waals surface area (Å²) < 4.78 is 14.1. The molecule has 2 aliphatic heterocycles. The number of halogens is 1. The lowest BCUT2D eigenvalue weighted by Gasteiger charge is -2.37. The molecule has 3 amide bonds. The van der Waals surface area contributed by atoms with Gasteiger partial charge in [-0.25, -0.2) is 9.18 Å². The Kier molecular flexibility index (Phi) is 4.61. The van der Waals surface area contributed by atoms with Gasteiger partial charge in [-0.2, -0.15) is 0 Å². The Morgan fingerprint density at radius 1 is 1.15 bits per heavy atom. The molecule has 1 aromatic carbocycles. The van der Waals surface area contributed by atoms with Gasteiger partial charge in [-0.1, -0.05) is 24.3 Å². The minimum absolute atomic E-state index is 0.0509. The number of nitrogens with one attached hydrogen (secondary N) is 2. The fourth-order valence-corrected chi connectivity index (χ4v) is 4.09. The molecule has 3 heterocycles. The SMILES string of the molecule is O=C1NC(c2cccnc2)(C2CCNCC2)C(=O)N1Cc1ccccc1F. The van der Waals surface area contributed by atoms with Crippen LogP contribution in [0, 0.1) is 11.7 Å². The summed E-state index contributed by atoms with van der Waals surface area (Å²) in [6.45, 7) is 1.47. The molecule has 0 radical (unpaired) electrons. The van der Waals surface area contributed by atoms with Gasteiger partial charge in [0.15, 0.2) is 5.54 Å². The van der Waals surface area contributed by atoms with E-state index in [1.807, 2.05) is 6.07 Å². The van der Waals surface area contributed by atoms with Crippen LogP contribution in [0.25, 0.3) is 0 Å². The standard InChI is InChI=1S/C20H21FN4O2/c21-17-6-2-1-4-14(17)13-25-18(26)20(24-19(25)27,15-7-10-22-11-8-15)16-5-3-9-23-12-16/h1-6,9,12,15,22H,7-8,10-11,13H2,(H,24,27). The lowest BCUT2D eigenvalue weighted by atomic mass is 9.74. The molecule has 1 atom stereocenters. The second-order valence-corrected chi connectivity index (χ2v) is 6.99. The van der Waals surface area contributed by atoms with Gasteiger partial charge in [-0.05, 0) is 44.0 Å². The molecule has 1 unspecified atom stereocenters. The smallest absolute Gasteiger partial charge is 0.319 e. The second-order valence-electron chi connectivity index (χ2n) is 6.99. The van der Waals surface area contributed by atoms with Crippen molar-refractivity contribution in [3.05, 3.63) is 65.7 Å². The third-order valence-corrected chi connectivity index (χ3v) is 5.49. The predicted octanol–water partition coefficient (Wildman–Crippen LogP) is 2.17. The number of imide groups is 1. The number of piperidine rings is 1. The third kappa shape index (κ3) is 2.98. The number of hydrogen-bond acceptors (Lipinski definition) is 4. The van der Waals surface area contributed by atoms with Crippen LogP contribution in [0.1, 0.15) is 24.0 Å². The molecule has 0 saturated carbocycles. The number of aromatic nitrogens is 1. The molecule has 2 N–H and O–H groups in total. The quantitative estimate of drug-likeness (QED) is 0.811. The number of nitrogens with zero attached hydrogens (tertiary/aromatic N) is 2. The maximum absolute atomic E-state index is 14.1. The van der Waals surface area contributed by atoms with E-state index in [4.69, 9.17) is 0 Å². The summed E-state index contributed by atoms with van der Waals surface area (Å²) in [6.07, 6.45) is 4.79. The Balaban J connectivity index is 1.73. The van der Waals surface area contributed by atoms with E-state index in [0.29, 0.717) is 11.1 Å². The van der Waals surface area contributed by atoms with Crippen LogP contribution in [0.3, 0.4) is 0 Å². The van der Waals surface area contributed by atoms with Crippen LogP contribution in [0.4, 0.5) is 9.18 Å². The number of rotatable bonds is 4. The van der Waals surface area contributed by atoms with Gasteiger partial charge in [0.05, 0.1) is 6.54 Å². The lowest BCUT2D eigenvalue weighted by Crippen LogP contribution is -2.53. The Morgan fingerprint density at radius 3 is 2.63 bits per heavy atom. The molecule has 140 valence electrons. The molecule has 2 aliphatic rings. The molecule has 0 spiro atoms. The second kappa shape index (κ2) is 7.08. The highest BCUT2D eigenvalue weighted by molar-refractivity contribution is 6.07. The number of carbonyl (C=O) groups is 2. The molecule has 27 heavy (non-hydrogen) atoms.